The largest absolute Gasteiger partial charge is 0.344 e. The summed E-state index contributed by atoms with van der Waals surface area (Å²) < 4.78 is 15.8. The molecular weight excluding hydrogens is 251 g/mol. The van der Waals surface area contributed by atoms with Gasteiger partial charge in [-0.2, -0.15) is 0 Å². The number of fused-ring (bicyclic) bond motifs is 1. The molecule has 0 spiro atoms. The molecule has 1 aromatic heterocycles. The minimum Gasteiger partial charge on any atom is -0.344 e. The molecular formula is C17H23FN2. The van der Waals surface area contributed by atoms with Gasteiger partial charge in [0, 0.05) is 12.2 Å². The predicted octanol–water partition coefficient (Wildman–Crippen LogP) is 4.11. The fourth-order valence-corrected chi connectivity index (χ4v) is 3.69. The highest BCUT2D eigenvalue weighted by molar-refractivity contribution is 5.80. The fourth-order valence-electron chi connectivity index (χ4n) is 3.69. The van der Waals surface area contributed by atoms with E-state index in [0.717, 1.165) is 23.4 Å². The Morgan fingerprint density at radius 2 is 2.15 bits per heavy atom. The normalized spacial score (nSPS) is 27.1. The molecule has 1 heterocycles. The van der Waals surface area contributed by atoms with Gasteiger partial charge in [-0.15, -0.1) is 0 Å². The predicted molar refractivity (Wildman–Crippen MR) is 81.1 cm³/mol. The van der Waals surface area contributed by atoms with Crippen molar-refractivity contribution in [2.45, 2.75) is 38.6 Å². The van der Waals surface area contributed by atoms with Gasteiger partial charge < -0.3 is 10.3 Å². The first-order valence-electron chi connectivity index (χ1n) is 7.69. The topological polar surface area (TPSA) is 30.9 Å². The number of nitrogens with two attached hydrogens (primary N) is 1. The number of benzene rings is 1. The third-order valence-corrected chi connectivity index (χ3v) is 4.99. The van der Waals surface area contributed by atoms with Crippen molar-refractivity contribution in [3.8, 4) is 0 Å². The molecule has 1 aliphatic carbocycles. The maximum absolute atomic E-state index is 13.5. The van der Waals surface area contributed by atoms with E-state index in [9.17, 15) is 4.39 Å². The maximum atomic E-state index is 13.5. The third-order valence-electron chi connectivity index (χ3n) is 4.99. The molecule has 2 N–H and O–H groups in total. The molecule has 1 fully saturated rings. The van der Waals surface area contributed by atoms with Gasteiger partial charge in [0.1, 0.15) is 5.82 Å². The second-order valence-electron chi connectivity index (χ2n) is 6.08. The van der Waals surface area contributed by atoms with Crippen molar-refractivity contribution in [2.24, 2.45) is 17.6 Å². The van der Waals surface area contributed by atoms with E-state index < -0.39 is 0 Å². The van der Waals surface area contributed by atoms with Crippen LogP contribution in [0.2, 0.25) is 0 Å². The SMILES string of the molecule is CCC1CCC(CN)C(n2ccc3ccc(F)cc32)C1. The summed E-state index contributed by atoms with van der Waals surface area (Å²) in [6, 6.07) is 7.54. The lowest BCUT2D eigenvalue weighted by atomic mass is 9.77. The molecule has 3 heteroatoms. The van der Waals surface area contributed by atoms with E-state index >= 15 is 0 Å². The lowest BCUT2D eigenvalue weighted by Gasteiger charge is -2.36. The molecule has 3 unspecified atom stereocenters. The van der Waals surface area contributed by atoms with Gasteiger partial charge in [-0.1, -0.05) is 13.3 Å². The van der Waals surface area contributed by atoms with Crippen LogP contribution in [-0.4, -0.2) is 11.1 Å². The standard InChI is InChI=1S/C17H23FN2/c1-2-12-3-4-14(11-19)16(9-12)20-8-7-13-5-6-15(18)10-17(13)20/h5-8,10,12,14,16H,2-4,9,11,19H2,1H3. The first-order valence-corrected chi connectivity index (χ1v) is 7.69. The van der Waals surface area contributed by atoms with Gasteiger partial charge in [0.25, 0.3) is 0 Å². The van der Waals surface area contributed by atoms with Crippen LogP contribution in [0, 0.1) is 17.7 Å². The quantitative estimate of drug-likeness (QED) is 0.897. The van der Waals surface area contributed by atoms with Crippen molar-refractivity contribution in [2.75, 3.05) is 6.54 Å². The van der Waals surface area contributed by atoms with Crippen LogP contribution < -0.4 is 5.73 Å². The lowest BCUT2D eigenvalue weighted by molar-refractivity contribution is 0.188. The molecule has 3 atom stereocenters. The number of halogens is 1. The van der Waals surface area contributed by atoms with Gasteiger partial charge >= 0.3 is 0 Å². The van der Waals surface area contributed by atoms with Gasteiger partial charge in [-0.25, -0.2) is 4.39 Å². The Balaban J connectivity index is 2.00. The molecule has 2 aromatic rings. The Morgan fingerprint density at radius 3 is 2.90 bits per heavy atom. The van der Waals surface area contributed by atoms with Crippen molar-refractivity contribution >= 4 is 10.9 Å². The van der Waals surface area contributed by atoms with Crippen molar-refractivity contribution in [3.63, 3.8) is 0 Å². The molecule has 108 valence electrons. The van der Waals surface area contributed by atoms with Gasteiger partial charge in [0.2, 0.25) is 0 Å². The molecule has 1 aromatic carbocycles. The molecule has 20 heavy (non-hydrogen) atoms. The zero-order chi connectivity index (χ0) is 14.1. The van der Waals surface area contributed by atoms with Crippen molar-refractivity contribution in [1.29, 1.82) is 0 Å². The van der Waals surface area contributed by atoms with Crippen LogP contribution in [0.5, 0.6) is 0 Å². The molecule has 0 saturated heterocycles. The molecule has 0 aliphatic heterocycles. The molecule has 1 aliphatic rings. The molecule has 3 rings (SSSR count). The molecule has 2 nitrogen and oxygen atoms in total. The van der Waals surface area contributed by atoms with Crippen molar-refractivity contribution in [1.82, 2.24) is 4.57 Å². The summed E-state index contributed by atoms with van der Waals surface area (Å²) in [6.45, 7) is 2.98. The summed E-state index contributed by atoms with van der Waals surface area (Å²) in [6.07, 6.45) is 6.96. The summed E-state index contributed by atoms with van der Waals surface area (Å²) in [4.78, 5) is 0. The maximum Gasteiger partial charge on any atom is 0.125 e. The monoisotopic (exact) mass is 274 g/mol. The average molecular weight is 274 g/mol. The summed E-state index contributed by atoms with van der Waals surface area (Å²) in [5, 5.41) is 1.11. The zero-order valence-corrected chi connectivity index (χ0v) is 12.1. The lowest BCUT2D eigenvalue weighted by Crippen LogP contribution is -2.32. The smallest absolute Gasteiger partial charge is 0.125 e. The van der Waals surface area contributed by atoms with E-state index in [2.05, 4.69) is 23.8 Å². The van der Waals surface area contributed by atoms with E-state index in [1.165, 1.54) is 31.7 Å². The Morgan fingerprint density at radius 1 is 1.30 bits per heavy atom. The van der Waals surface area contributed by atoms with Crippen LogP contribution in [0.15, 0.2) is 30.5 Å². The Kier molecular flexibility index (Phi) is 3.79. The van der Waals surface area contributed by atoms with Crippen LogP contribution >= 0.6 is 0 Å². The highest BCUT2D eigenvalue weighted by Gasteiger charge is 2.30. The first kappa shape index (κ1) is 13.6. The fraction of sp³-hybridized carbons (Fsp3) is 0.529. The van der Waals surface area contributed by atoms with Crippen molar-refractivity contribution in [3.05, 3.63) is 36.3 Å². The van der Waals surface area contributed by atoms with Gasteiger partial charge in [-0.3, -0.25) is 0 Å². The Bertz CT molecular complexity index is 590. The van der Waals surface area contributed by atoms with E-state index in [1.54, 1.807) is 6.07 Å². The highest BCUT2D eigenvalue weighted by Crippen LogP contribution is 2.39. The Labute approximate surface area is 119 Å². The van der Waals surface area contributed by atoms with Crippen molar-refractivity contribution < 1.29 is 4.39 Å². The van der Waals surface area contributed by atoms with Crippen LogP contribution in [0.25, 0.3) is 10.9 Å². The van der Waals surface area contributed by atoms with Crippen LogP contribution in [-0.2, 0) is 0 Å². The molecule has 0 radical (unpaired) electrons. The summed E-state index contributed by atoms with van der Waals surface area (Å²) >= 11 is 0. The number of hydrogen-bond acceptors (Lipinski definition) is 1. The van der Waals surface area contributed by atoms with E-state index in [0.29, 0.717) is 12.0 Å². The average Bonchev–Trinajstić information content (AvgIpc) is 2.89. The summed E-state index contributed by atoms with van der Waals surface area (Å²) in [5.41, 5.74) is 6.98. The zero-order valence-electron chi connectivity index (χ0n) is 12.1. The minimum absolute atomic E-state index is 0.162. The van der Waals surface area contributed by atoms with Crippen LogP contribution in [0.3, 0.4) is 0 Å². The second kappa shape index (κ2) is 5.57. The highest BCUT2D eigenvalue weighted by atomic mass is 19.1. The second-order valence-corrected chi connectivity index (χ2v) is 6.08. The number of nitrogens with zero attached hydrogens (tertiary/aromatic N) is 1. The molecule has 0 bridgehead atoms. The molecule has 1 saturated carbocycles. The van der Waals surface area contributed by atoms with Gasteiger partial charge in [-0.05, 0) is 67.3 Å². The van der Waals surface area contributed by atoms with Gasteiger partial charge in [0.15, 0.2) is 0 Å². The van der Waals surface area contributed by atoms with E-state index in [1.807, 2.05) is 6.07 Å². The van der Waals surface area contributed by atoms with Crippen LogP contribution in [0.1, 0.15) is 38.6 Å². The first-order chi connectivity index (χ1) is 9.72. The summed E-state index contributed by atoms with van der Waals surface area (Å²) in [5.74, 6) is 1.12. The van der Waals surface area contributed by atoms with Gasteiger partial charge in [0.05, 0.1) is 5.52 Å². The minimum atomic E-state index is -0.162. The van der Waals surface area contributed by atoms with Crippen LogP contribution in [0.4, 0.5) is 4.39 Å². The number of aromatic nitrogens is 1. The van der Waals surface area contributed by atoms with E-state index in [-0.39, 0.29) is 5.82 Å². The third kappa shape index (κ3) is 2.35. The number of hydrogen-bond donors (Lipinski definition) is 1. The molecule has 0 amide bonds. The summed E-state index contributed by atoms with van der Waals surface area (Å²) in [7, 11) is 0. The van der Waals surface area contributed by atoms with E-state index in [4.69, 9.17) is 5.73 Å². The Hall–Kier alpha value is -1.35. The number of rotatable bonds is 3.